The smallest absolute Gasteiger partial charge is 0.408 e. The first-order valence-electron chi connectivity index (χ1n) is 7.92. The number of nitrogens with one attached hydrogen (secondary N) is 1. The van der Waals surface area contributed by atoms with E-state index in [1.54, 1.807) is 0 Å². The molecule has 1 aliphatic carbocycles. The molecule has 0 spiro atoms. The highest BCUT2D eigenvalue weighted by atomic mass is 16.6. The van der Waals surface area contributed by atoms with Crippen molar-refractivity contribution >= 4 is 17.7 Å². The zero-order valence-electron chi connectivity index (χ0n) is 13.6. The normalized spacial score (nSPS) is 17.8. The summed E-state index contributed by atoms with van der Waals surface area (Å²) in [6.07, 6.45) is 7.14. The van der Waals surface area contributed by atoms with Crippen LogP contribution in [0.15, 0.2) is 48.5 Å². The minimum absolute atomic E-state index is 0.155. The lowest BCUT2D eigenvalue weighted by molar-refractivity contribution is 0.0983. The van der Waals surface area contributed by atoms with E-state index in [0.717, 1.165) is 27.8 Å². The molecule has 3 rings (SSSR count). The van der Waals surface area contributed by atoms with Crippen LogP contribution in [0.3, 0.4) is 0 Å². The van der Waals surface area contributed by atoms with Crippen molar-refractivity contribution in [1.29, 1.82) is 0 Å². The third-order valence-electron chi connectivity index (χ3n) is 4.15. The molecule has 2 aromatic carbocycles. The maximum Gasteiger partial charge on any atom is 0.408 e. The van der Waals surface area contributed by atoms with E-state index in [-0.39, 0.29) is 12.6 Å². The first-order chi connectivity index (χ1) is 11.7. The van der Waals surface area contributed by atoms with Gasteiger partial charge in [0.05, 0.1) is 6.54 Å². The van der Waals surface area contributed by atoms with Gasteiger partial charge in [0, 0.05) is 12.0 Å². The molecule has 0 saturated carbocycles. The molecule has 2 aromatic rings. The van der Waals surface area contributed by atoms with Crippen LogP contribution >= 0.6 is 0 Å². The summed E-state index contributed by atoms with van der Waals surface area (Å²) >= 11 is 0. The van der Waals surface area contributed by atoms with Crippen LogP contribution < -0.4 is 5.32 Å². The molecule has 24 heavy (non-hydrogen) atoms. The van der Waals surface area contributed by atoms with Crippen LogP contribution in [0.5, 0.6) is 0 Å². The lowest BCUT2D eigenvalue weighted by atomic mass is 9.88. The van der Waals surface area contributed by atoms with Crippen LogP contribution in [0.1, 0.15) is 35.3 Å². The van der Waals surface area contributed by atoms with Gasteiger partial charge >= 0.3 is 6.09 Å². The summed E-state index contributed by atoms with van der Waals surface area (Å²) in [5, 5.41) is 2.57. The summed E-state index contributed by atoms with van der Waals surface area (Å²) in [5.74, 6) is 2.38. The quantitative estimate of drug-likeness (QED) is 0.843. The van der Waals surface area contributed by atoms with Gasteiger partial charge in [-0.2, -0.15) is 0 Å². The SMILES string of the molecule is C#CCNC(=O)OC1Cc2ccccc2/C=C(/C)c2ccccc21. The molecule has 1 amide bonds. The van der Waals surface area contributed by atoms with Crippen LogP contribution in [0, 0.1) is 12.3 Å². The number of alkyl carbamates (subject to hydrolysis) is 1. The maximum atomic E-state index is 12.0. The van der Waals surface area contributed by atoms with Gasteiger partial charge in [-0.15, -0.1) is 6.42 Å². The molecule has 1 N–H and O–H groups in total. The number of allylic oxidation sites excluding steroid dienone is 1. The number of hydrogen-bond acceptors (Lipinski definition) is 2. The number of terminal acetylenes is 1. The number of benzene rings is 2. The van der Waals surface area contributed by atoms with E-state index >= 15 is 0 Å². The maximum absolute atomic E-state index is 12.0. The summed E-state index contributed by atoms with van der Waals surface area (Å²) in [6, 6.07) is 16.2. The molecule has 0 aromatic heterocycles. The van der Waals surface area contributed by atoms with Gasteiger partial charge in [-0.25, -0.2) is 4.79 Å². The topological polar surface area (TPSA) is 38.3 Å². The average molecular weight is 317 g/mol. The van der Waals surface area contributed by atoms with Crippen molar-refractivity contribution in [2.24, 2.45) is 0 Å². The number of fused-ring (bicyclic) bond motifs is 2. The molecule has 3 nitrogen and oxygen atoms in total. The van der Waals surface area contributed by atoms with Gasteiger partial charge < -0.3 is 10.1 Å². The summed E-state index contributed by atoms with van der Waals surface area (Å²) in [5.41, 5.74) is 5.57. The Kier molecular flexibility index (Phi) is 4.67. The number of carbonyl (C=O) groups is 1. The Balaban J connectivity index is 2.02. The van der Waals surface area contributed by atoms with Crippen molar-refractivity contribution in [3.05, 3.63) is 70.8 Å². The largest absolute Gasteiger partial charge is 0.441 e. The van der Waals surface area contributed by atoms with Crippen molar-refractivity contribution in [3.8, 4) is 12.3 Å². The van der Waals surface area contributed by atoms with E-state index in [2.05, 4.69) is 42.4 Å². The Hall–Kier alpha value is -2.99. The standard InChI is InChI=1S/C21H19NO2/c1-3-12-22-21(23)24-20-14-17-9-5-4-8-16(17)13-15(2)18-10-6-7-11-19(18)20/h1,4-11,13,20H,12,14H2,2H3,(H,22,23)/b15-13-. The highest BCUT2D eigenvalue weighted by Gasteiger charge is 2.23. The minimum atomic E-state index is -0.493. The number of carbonyl (C=O) groups excluding carboxylic acids is 1. The molecule has 1 atom stereocenters. The number of rotatable bonds is 2. The molecule has 0 aliphatic heterocycles. The predicted octanol–water partition coefficient (Wildman–Crippen LogP) is 4.20. The van der Waals surface area contributed by atoms with Gasteiger partial charge in [0.1, 0.15) is 6.10 Å². The van der Waals surface area contributed by atoms with E-state index in [1.807, 2.05) is 30.3 Å². The van der Waals surface area contributed by atoms with Gasteiger partial charge in [0.25, 0.3) is 0 Å². The van der Waals surface area contributed by atoms with Crippen molar-refractivity contribution < 1.29 is 9.53 Å². The van der Waals surface area contributed by atoms with E-state index in [4.69, 9.17) is 11.2 Å². The van der Waals surface area contributed by atoms with Crippen molar-refractivity contribution in [3.63, 3.8) is 0 Å². The molecule has 1 unspecified atom stereocenters. The third kappa shape index (κ3) is 3.33. The minimum Gasteiger partial charge on any atom is -0.441 e. The molecule has 1 aliphatic rings. The fraction of sp³-hybridized carbons (Fsp3) is 0.190. The Bertz CT molecular complexity index is 830. The number of amides is 1. The van der Waals surface area contributed by atoms with Gasteiger partial charge in [-0.1, -0.05) is 60.5 Å². The fourth-order valence-corrected chi connectivity index (χ4v) is 3.02. The highest BCUT2D eigenvalue weighted by Crippen LogP contribution is 2.34. The van der Waals surface area contributed by atoms with E-state index < -0.39 is 6.09 Å². The first kappa shape index (κ1) is 15.9. The van der Waals surface area contributed by atoms with Crippen molar-refractivity contribution in [2.75, 3.05) is 6.54 Å². The zero-order chi connectivity index (χ0) is 16.9. The molecule has 0 saturated heterocycles. The molecular weight excluding hydrogens is 298 g/mol. The Morgan fingerprint density at radius 2 is 2.00 bits per heavy atom. The summed E-state index contributed by atoms with van der Waals surface area (Å²) < 4.78 is 5.69. The lowest BCUT2D eigenvalue weighted by Crippen LogP contribution is -2.27. The molecule has 0 radical (unpaired) electrons. The van der Waals surface area contributed by atoms with Gasteiger partial charge in [-0.05, 0) is 29.2 Å². The molecular formula is C21H19NO2. The second-order valence-electron chi connectivity index (χ2n) is 5.77. The summed E-state index contributed by atoms with van der Waals surface area (Å²) in [7, 11) is 0. The van der Waals surface area contributed by atoms with Gasteiger partial charge in [-0.3, -0.25) is 0 Å². The molecule has 0 heterocycles. The molecule has 0 bridgehead atoms. The number of ether oxygens (including phenoxy) is 1. The van der Waals surface area contributed by atoms with Crippen LogP contribution in [0.4, 0.5) is 4.79 Å². The molecule has 0 fully saturated rings. The Labute approximate surface area is 142 Å². The predicted molar refractivity (Wildman–Crippen MR) is 96.2 cm³/mol. The van der Waals surface area contributed by atoms with Crippen LogP contribution in [-0.2, 0) is 11.2 Å². The number of hydrogen-bond donors (Lipinski definition) is 1. The lowest BCUT2D eigenvalue weighted by Gasteiger charge is -2.24. The van der Waals surface area contributed by atoms with Crippen LogP contribution in [-0.4, -0.2) is 12.6 Å². The van der Waals surface area contributed by atoms with Crippen molar-refractivity contribution in [1.82, 2.24) is 5.32 Å². The van der Waals surface area contributed by atoms with E-state index in [1.165, 1.54) is 0 Å². The van der Waals surface area contributed by atoms with E-state index in [9.17, 15) is 4.79 Å². The third-order valence-corrected chi connectivity index (χ3v) is 4.15. The first-order valence-corrected chi connectivity index (χ1v) is 7.92. The fourth-order valence-electron chi connectivity index (χ4n) is 3.02. The summed E-state index contributed by atoms with van der Waals surface area (Å²) in [6.45, 7) is 2.24. The summed E-state index contributed by atoms with van der Waals surface area (Å²) in [4.78, 5) is 12.0. The molecule has 3 heteroatoms. The molecule has 120 valence electrons. The van der Waals surface area contributed by atoms with E-state index in [0.29, 0.717) is 6.42 Å². The van der Waals surface area contributed by atoms with Crippen molar-refractivity contribution in [2.45, 2.75) is 19.4 Å². The second kappa shape index (κ2) is 7.06. The van der Waals surface area contributed by atoms with Gasteiger partial charge in [0.2, 0.25) is 0 Å². The highest BCUT2D eigenvalue weighted by molar-refractivity contribution is 5.83. The second-order valence-corrected chi connectivity index (χ2v) is 5.77. The Morgan fingerprint density at radius 3 is 2.83 bits per heavy atom. The zero-order valence-corrected chi connectivity index (χ0v) is 13.6. The monoisotopic (exact) mass is 317 g/mol. The average Bonchev–Trinajstić information content (AvgIpc) is 2.60. The van der Waals surface area contributed by atoms with Crippen LogP contribution in [0.2, 0.25) is 0 Å². The van der Waals surface area contributed by atoms with Gasteiger partial charge in [0.15, 0.2) is 0 Å². The Morgan fingerprint density at radius 1 is 1.25 bits per heavy atom. The van der Waals surface area contributed by atoms with Crippen LogP contribution in [0.25, 0.3) is 11.6 Å².